The molecule has 1 aromatic carbocycles. The Kier molecular flexibility index (Phi) is 6.14. The number of fused-ring (bicyclic) bond motifs is 2. The number of piperidine rings is 1. The molecule has 2 saturated heterocycles. The van der Waals surface area contributed by atoms with Crippen LogP contribution < -0.4 is 18.9 Å². The molecule has 2 atom stereocenters. The van der Waals surface area contributed by atoms with Crippen LogP contribution in [-0.2, 0) is 12.1 Å². The van der Waals surface area contributed by atoms with Crippen LogP contribution in [0.5, 0.6) is 23.4 Å². The molecule has 4 rings (SSSR count). The lowest BCUT2D eigenvalue weighted by atomic mass is 9.81. The second kappa shape index (κ2) is 8.68. The van der Waals surface area contributed by atoms with Crippen molar-refractivity contribution in [3.05, 3.63) is 34.5 Å². The zero-order valence-electron chi connectivity index (χ0n) is 18.2. The molecule has 1 N–H and O–H groups in total. The van der Waals surface area contributed by atoms with Gasteiger partial charge in [0.1, 0.15) is 0 Å². The van der Waals surface area contributed by atoms with Gasteiger partial charge in [0, 0.05) is 41.5 Å². The van der Waals surface area contributed by atoms with Gasteiger partial charge in [-0.25, -0.2) is 4.98 Å². The van der Waals surface area contributed by atoms with Gasteiger partial charge in [-0.05, 0) is 31.7 Å². The molecular formula is C22H28ClN3O5. The fourth-order valence-electron chi connectivity index (χ4n) is 5.04. The number of hydrogen-bond donors (Lipinski definition) is 1. The Morgan fingerprint density at radius 3 is 2.35 bits per heavy atom. The second-order valence-corrected chi connectivity index (χ2v) is 8.51. The van der Waals surface area contributed by atoms with Gasteiger partial charge in [0.25, 0.3) is 0 Å². The molecule has 2 bridgehead atoms. The van der Waals surface area contributed by atoms with E-state index in [1.807, 2.05) is 6.07 Å². The fraction of sp³-hybridized carbons (Fsp3) is 0.545. The average Bonchev–Trinajstić information content (AvgIpc) is 3.01. The summed E-state index contributed by atoms with van der Waals surface area (Å²) >= 11 is 6.32. The standard InChI is InChI=1S/C22H28ClN3O5/c1-28-18-8-14(23)7-13(19(18)29-2)12-26-15-5-6-16(26)10-22(27,9-15)17-11-24-21(31-4)25-20(17)30-3/h7-8,11,15-16,27H,5-6,9-10,12H2,1-4H3. The lowest BCUT2D eigenvalue weighted by Gasteiger charge is -2.44. The molecule has 2 unspecified atom stereocenters. The summed E-state index contributed by atoms with van der Waals surface area (Å²) < 4.78 is 21.6. The van der Waals surface area contributed by atoms with E-state index in [0.29, 0.717) is 47.4 Å². The molecule has 0 saturated carbocycles. The van der Waals surface area contributed by atoms with Crippen molar-refractivity contribution in [3.8, 4) is 23.4 Å². The van der Waals surface area contributed by atoms with E-state index in [1.54, 1.807) is 26.5 Å². The molecule has 8 nitrogen and oxygen atoms in total. The van der Waals surface area contributed by atoms with Crippen molar-refractivity contribution >= 4 is 11.6 Å². The first kappa shape index (κ1) is 21.9. The quantitative estimate of drug-likeness (QED) is 0.689. The molecule has 0 amide bonds. The third-order valence-electron chi connectivity index (χ3n) is 6.40. The molecule has 2 fully saturated rings. The van der Waals surface area contributed by atoms with Gasteiger partial charge in [-0.2, -0.15) is 4.98 Å². The molecule has 31 heavy (non-hydrogen) atoms. The lowest BCUT2D eigenvalue weighted by Crippen LogP contribution is -2.49. The van der Waals surface area contributed by atoms with E-state index in [-0.39, 0.29) is 18.1 Å². The Balaban J connectivity index is 1.60. The summed E-state index contributed by atoms with van der Waals surface area (Å²) in [5, 5.41) is 12.2. The molecule has 0 aliphatic carbocycles. The predicted molar refractivity (Wildman–Crippen MR) is 115 cm³/mol. The van der Waals surface area contributed by atoms with Gasteiger partial charge in [-0.3, -0.25) is 4.90 Å². The Morgan fingerprint density at radius 2 is 1.77 bits per heavy atom. The summed E-state index contributed by atoms with van der Waals surface area (Å²) in [6.07, 6.45) is 4.76. The Morgan fingerprint density at radius 1 is 1.06 bits per heavy atom. The average molecular weight is 450 g/mol. The van der Waals surface area contributed by atoms with Crippen LogP contribution in [0.2, 0.25) is 5.02 Å². The second-order valence-electron chi connectivity index (χ2n) is 8.08. The normalized spacial score (nSPS) is 25.4. The number of hydrogen-bond acceptors (Lipinski definition) is 8. The van der Waals surface area contributed by atoms with Crippen LogP contribution in [0.4, 0.5) is 0 Å². The van der Waals surface area contributed by atoms with Crippen LogP contribution >= 0.6 is 11.6 Å². The van der Waals surface area contributed by atoms with Crippen molar-refractivity contribution in [1.29, 1.82) is 0 Å². The highest BCUT2D eigenvalue weighted by molar-refractivity contribution is 6.30. The van der Waals surface area contributed by atoms with Crippen LogP contribution in [0.25, 0.3) is 0 Å². The van der Waals surface area contributed by atoms with E-state index in [2.05, 4.69) is 14.9 Å². The predicted octanol–water partition coefficient (Wildman–Crippen LogP) is 3.18. The SMILES string of the molecule is COc1ncc(C2(O)CC3CCC(C2)N3Cc2cc(Cl)cc(OC)c2OC)c(OC)n1. The number of ether oxygens (including phenoxy) is 4. The minimum absolute atomic E-state index is 0.199. The zero-order valence-corrected chi connectivity index (χ0v) is 19.0. The summed E-state index contributed by atoms with van der Waals surface area (Å²) in [4.78, 5) is 10.9. The van der Waals surface area contributed by atoms with E-state index in [0.717, 1.165) is 18.4 Å². The summed E-state index contributed by atoms with van der Waals surface area (Å²) in [5.74, 6) is 1.66. The van der Waals surface area contributed by atoms with Crippen LogP contribution in [0.1, 0.15) is 36.8 Å². The van der Waals surface area contributed by atoms with Gasteiger partial charge in [0.15, 0.2) is 11.5 Å². The van der Waals surface area contributed by atoms with Gasteiger partial charge in [0.05, 0.1) is 39.6 Å². The molecule has 0 spiro atoms. The van der Waals surface area contributed by atoms with Gasteiger partial charge >= 0.3 is 6.01 Å². The summed E-state index contributed by atoms with van der Waals surface area (Å²) in [5.41, 5.74) is 0.518. The molecule has 1 aromatic heterocycles. The van der Waals surface area contributed by atoms with E-state index in [4.69, 9.17) is 30.5 Å². The molecule has 0 radical (unpaired) electrons. The van der Waals surface area contributed by atoms with Crippen molar-refractivity contribution in [3.63, 3.8) is 0 Å². The molecule has 9 heteroatoms. The maximum atomic E-state index is 11.6. The van der Waals surface area contributed by atoms with E-state index in [1.165, 1.54) is 14.2 Å². The van der Waals surface area contributed by atoms with Crippen LogP contribution in [-0.4, -0.2) is 60.5 Å². The summed E-state index contributed by atoms with van der Waals surface area (Å²) in [6, 6.07) is 4.29. The van der Waals surface area contributed by atoms with E-state index in [9.17, 15) is 5.11 Å². The van der Waals surface area contributed by atoms with E-state index < -0.39 is 5.60 Å². The fourth-order valence-corrected chi connectivity index (χ4v) is 5.27. The monoisotopic (exact) mass is 449 g/mol. The number of aliphatic hydroxyl groups is 1. The topological polar surface area (TPSA) is 86.2 Å². The van der Waals surface area contributed by atoms with E-state index >= 15 is 0 Å². The van der Waals surface area contributed by atoms with Crippen molar-refractivity contribution in [2.24, 2.45) is 0 Å². The maximum absolute atomic E-state index is 11.6. The number of benzene rings is 1. The van der Waals surface area contributed by atoms with Gasteiger partial charge in [-0.15, -0.1) is 0 Å². The molecule has 2 aliphatic heterocycles. The number of halogens is 1. The molecule has 3 heterocycles. The highest BCUT2D eigenvalue weighted by Crippen LogP contribution is 2.49. The molecule has 2 aromatic rings. The van der Waals surface area contributed by atoms with Crippen molar-refractivity contribution in [1.82, 2.24) is 14.9 Å². The number of rotatable bonds is 7. The first-order chi connectivity index (χ1) is 14.9. The number of aromatic nitrogens is 2. The molecular weight excluding hydrogens is 422 g/mol. The minimum Gasteiger partial charge on any atom is -0.493 e. The highest BCUT2D eigenvalue weighted by Gasteiger charge is 2.49. The molecule has 2 aliphatic rings. The highest BCUT2D eigenvalue weighted by atomic mass is 35.5. The maximum Gasteiger partial charge on any atom is 0.319 e. The Labute approximate surface area is 187 Å². The van der Waals surface area contributed by atoms with Gasteiger partial charge < -0.3 is 24.1 Å². The third kappa shape index (κ3) is 4.00. The smallest absolute Gasteiger partial charge is 0.319 e. The van der Waals surface area contributed by atoms with Gasteiger partial charge in [-0.1, -0.05) is 11.6 Å². The summed E-state index contributed by atoms with van der Waals surface area (Å²) in [6.45, 7) is 0.668. The number of methoxy groups -OCH3 is 4. The van der Waals surface area contributed by atoms with Crippen LogP contribution in [0, 0.1) is 0 Å². The number of nitrogens with zero attached hydrogens (tertiary/aromatic N) is 3. The first-order valence-electron chi connectivity index (χ1n) is 10.3. The summed E-state index contributed by atoms with van der Waals surface area (Å²) in [7, 11) is 6.28. The third-order valence-corrected chi connectivity index (χ3v) is 6.62. The molecule has 168 valence electrons. The lowest BCUT2D eigenvalue weighted by molar-refractivity contribution is -0.0614. The van der Waals surface area contributed by atoms with Crippen LogP contribution in [0.3, 0.4) is 0 Å². The Hall–Kier alpha value is -2.29. The van der Waals surface area contributed by atoms with Crippen molar-refractivity contribution in [2.75, 3.05) is 28.4 Å². The van der Waals surface area contributed by atoms with Gasteiger partial charge in [0.2, 0.25) is 5.88 Å². The largest absolute Gasteiger partial charge is 0.493 e. The minimum atomic E-state index is -1.06. The Bertz CT molecular complexity index is 943. The van der Waals surface area contributed by atoms with Crippen molar-refractivity contribution in [2.45, 2.75) is 49.9 Å². The van der Waals surface area contributed by atoms with Crippen LogP contribution in [0.15, 0.2) is 18.3 Å². The zero-order chi connectivity index (χ0) is 22.2. The first-order valence-corrected chi connectivity index (χ1v) is 10.6. The van der Waals surface area contributed by atoms with Crippen molar-refractivity contribution < 1.29 is 24.1 Å².